The van der Waals surface area contributed by atoms with Crippen molar-refractivity contribution in [1.29, 1.82) is 0 Å². The molecular weight excluding hydrogens is 164 g/mol. The number of rotatable bonds is 3. The highest BCUT2D eigenvalue weighted by atomic mass is 16.1. The summed E-state index contributed by atoms with van der Waals surface area (Å²) in [5.41, 5.74) is -0.762. The number of aldehydes is 1. The van der Waals surface area contributed by atoms with E-state index in [2.05, 4.69) is 0 Å². The lowest BCUT2D eigenvalue weighted by Gasteiger charge is -2.26. The van der Waals surface area contributed by atoms with Gasteiger partial charge in [0.2, 0.25) is 0 Å². The molecule has 1 saturated carbocycles. The van der Waals surface area contributed by atoms with Crippen molar-refractivity contribution < 1.29 is 9.59 Å². The van der Waals surface area contributed by atoms with Gasteiger partial charge in [-0.2, -0.15) is 0 Å². The van der Waals surface area contributed by atoms with Gasteiger partial charge in [-0.3, -0.25) is 4.79 Å². The molecule has 0 heterocycles. The number of hydrogen-bond donors (Lipinski definition) is 0. The third-order valence-corrected chi connectivity index (χ3v) is 2.91. The van der Waals surface area contributed by atoms with Crippen molar-refractivity contribution in [2.24, 2.45) is 11.3 Å². The summed E-state index contributed by atoms with van der Waals surface area (Å²) in [5.74, 6) is 0.288. The number of Topliss-reactive ketones (excluding diaryl/α,β-unsaturated/α-hetero) is 1. The Balaban J connectivity index is 2.60. The van der Waals surface area contributed by atoms with Crippen LogP contribution in [0.5, 0.6) is 0 Å². The lowest BCUT2D eigenvalue weighted by molar-refractivity contribution is -0.136. The van der Waals surface area contributed by atoms with Gasteiger partial charge in [-0.25, -0.2) is 0 Å². The fourth-order valence-corrected chi connectivity index (χ4v) is 1.95. The Morgan fingerprint density at radius 1 is 1.23 bits per heavy atom. The summed E-state index contributed by atoms with van der Waals surface area (Å²) in [6, 6.07) is 0. The van der Waals surface area contributed by atoms with Crippen molar-refractivity contribution in [2.45, 2.75) is 46.0 Å². The predicted molar refractivity (Wildman–Crippen MR) is 51.4 cm³/mol. The van der Waals surface area contributed by atoms with Crippen molar-refractivity contribution in [1.82, 2.24) is 0 Å². The molecule has 0 N–H and O–H groups in total. The van der Waals surface area contributed by atoms with Gasteiger partial charge >= 0.3 is 0 Å². The summed E-state index contributed by atoms with van der Waals surface area (Å²) in [4.78, 5) is 22.5. The van der Waals surface area contributed by atoms with Crippen LogP contribution in [0.3, 0.4) is 0 Å². The smallest absolute Gasteiger partial charge is 0.148 e. The first-order chi connectivity index (χ1) is 6.08. The van der Waals surface area contributed by atoms with Crippen LogP contribution in [0.25, 0.3) is 0 Å². The SMILES string of the molecule is CC(C)(C=O)C(=O)C1CCCCC1. The maximum Gasteiger partial charge on any atom is 0.148 e. The van der Waals surface area contributed by atoms with Gasteiger partial charge in [0.05, 0.1) is 5.41 Å². The summed E-state index contributed by atoms with van der Waals surface area (Å²) in [6.45, 7) is 3.44. The van der Waals surface area contributed by atoms with Gasteiger partial charge in [-0.15, -0.1) is 0 Å². The van der Waals surface area contributed by atoms with Crippen LogP contribution in [-0.4, -0.2) is 12.1 Å². The first-order valence-corrected chi connectivity index (χ1v) is 5.08. The maximum atomic E-state index is 11.8. The molecule has 13 heavy (non-hydrogen) atoms. The maximum absolute atomic E-state index is 11.8. The Labute approximate surface area is 79.7 Å². The minimum Gasteiger partial charge on any atom is -0.302 e. The van der Waals surface area contributed by atoms with E-state index in [1.807, 2.05) is 0 Å². The van der Waals surface area contributed by atoms with E-state index in [9.17, 15) is 9.59 Å². The van der Waals surface area contributed by atoms with Gasteiger partial charge in [0.25, 0.3) is 0 Å². The second-order valence-electron chi connectivity index (χ2n) is 4.54. The molecule has 1 rings (SSSR count). The predicted octanol–water partition coefficient (Wildman–Crippen LogP) is 2.36. The van der Waals surface area contributed by atoms with E-state index in [1.54, 1.807) is 13.8 Å². The molecule has 0 aromatic heterocycles. The summed E-state index contributed by atoms with van der Waals surface area (Å²) in [7, 11) is 0. The minimum absolute atomic E-state index is 0.141. The van der Waals surface area contributed by atoms with E-state index in [0.29, 0.717) is 0 Å². The molecule has 1 fully saturated rings. The first kappa shape index (κ1) is 10.4. The quantitative estimate of drug-likeness (QED) is 0.496. The molecular formula is C11H18O2. The normalized spacial score (nSPS) is 19.8. The second-order valence-corrected chi connectivity index (χ2v) is 4.54. The number of carbonyl (C=O) groups excluding carboxylic acids is 2. The van der Waals surface area contributed by atoms with Gasteiger partial charge in [0.1, 0.15) is 12.1 Å². The van der Waals surface area contributed by atoms with Gasteiger partial charge in [0, 0.05) is 5.92 Å². The summed E-state index contributed by atoms with van der Waals surface area (Å²) < 4.78 is 0. The molecule has 0 radical (unpaired) electrons. The zero-order valence-electron chi connectivity index (χ0n) is 8.51. The molecule has 0 saturated heterocycles. The summed E-state index contributed by atoms with van der Waals surface area (Å²) in [6.07, 6.45) is 6.28. The van der Waals surface area contributed by atoms with Crippen molar-refractivity contribution in [3.8, 4) is 0 Å². The lowest BCUT2D eigenvalue weighted by atomic mass is 9.76. The van der Waals surface area contributed by atoms with Crippen LogP contribution >= 0.6 is 0 Å². The largest absolute Gasteiger partial charge is 0.302 e. The molecule has 74 valence electrons. The van der Waals surface area contributed by atoms with E-state index in [4.69, 9.17) is 0 Å². The van der Waals surface area contributed by atoms with Crippen molar-refractivity contribution in [3.63, 3.8) is 0 Å². The molecule has 0 aliphatic heterocycles. The van der Waals surface area contributed by atoms with E-state index in [1.165, 1.54) is 6.42 Å². The topological polar surface area (TPSA) is 34.1 Å². The monoisotopic (exact) mass is 182 g/mol. The van der Waals surface area contributed by atoms with Crippen LogP contribution in [0.15, 0.2) is 0 Å². The highest BCUT2D eigenvalue weighted by Crippen LogP contribution is 2.30. The Morgan fingerprint density at radius 3 is 2.23 bits per heavy atom. The molecule has 2 nitrogen and oxygen atoms in total. The molecule has 1 aliphatic rings. The lowest BCUT2D eigenvalue weighted by Crippen LogP contribution is -2.33. The Morgan fingerprint density at radius 2 is 1.77 bits per heavy atom. The van der Waals surface area contributed by atoms with E-state index < -0.39 is 5.41 Å². The minimum atomic E-state index is -0.762. The van der Waals surface area contributed by atoms with Crippen LogP contribution in [-0.2, 0) is 9.59 Å². The fraction of sp³-hybridized carbons (Fsp3) is 0.818. The second kappa shape index (κ2) is 4.03. The molecule has 0 aromatic rings. The Hall–Kier alpha value is -0.660. The zero-order chi connectivity index (χ0) is 9.90. The number of ketones is 1. The molecule has 0 aromatic carbocycles. The molecule has 0 amide bonds. The Kier molecular flexibility index (Phi) is 3.23. The standard InChI is InChI=1S/C11H18O2/c1-11(2,8-12)10(13)9-6-4-3-5-7-9/h8-9H,3-7H2,1-2H3. The number of carbonyl (C=O) groups is 2. The average molecular weight is 182 g/mol. The van der Waals surface area contributed by atoms with Gasteiger partial charge in [0.15, 0.2) is 0 Å². The van der Waals surface area contributed by atoms with Crippen LogP contribution in [0, 0.1) is 11.3 Å². The summed E-state index contributed by atoms with van der Waals surface area (Å²) in [5, 5.41) is 0. The molecule has 0 atom stereocenters. The van der Waals surface area contributed by atoms with Gasteiger partial charge in [-0.05, 0) is 26.7 Å². The summed E-state index contributed by atoms with van der Waals surface area (Å²) >= 11 is 0. The van der Waals surface area contributed by atoms with Gasteiger partial charge in [-0.1, -0.05) is 19.3 Å². The van der Waals surface area contributed by atoms with Crippen molar-refractivity contribution >= 4 is 12.1 Å². The highest BCUT2D eigenvalue weighted by Gasteiger charge is 2.33. The molecule has 0 unspecified atom stereocenters. The molecule has 1 aliphatic carbocycles. The van der Waals surface area contributed by atoms with Crippen LogP contribution < -0.4 is 0 Å². The van der Waals surface area contributed by atoms with E-state index >= 15 is 0 Å². The molecule has 2 heteroatoms. The zero-order valence-corrected chi connectivity index (χ0v) is 8.51. The average Bonchev–Trinajstić information content (AvgIpc) is 2.18. The first-order valence-electron chi connectivity index (χ1n) is 5.08. The van der Waals surface area contributed by atoms with Crippen LogP contribution in [0.4, 0.5) is 0 Å². The van der Waals surface area contributed by atoms with Crippen molar-refractivity contribution in [2.75, 3.05) is 0 Å². The van der Waals surface area contributed by atoms with E-state index in [-0.39, 0.29) is 11.7 Å². The number of hydrogen-bond acceptors (Lipinski definition) is 2. The third-order valence-electron chi connectivity index (χ3n) is 2.91. The van der Waals surface area contributed by atoms with Crippen LogP contribution in [0.2, 0.25) is 0 Å². The van der Waals surface area contributed by atoms with Crippen LogP contribution in [0.1, 0.15) is 46.0 Å². The molecule has 0 spiro atoms. The third kappa shape index (κ3) is 2.39. The highest BCUT2D eigenvalue weighted by molar-refractivity contribution is 5.98. The van der Waals surface area contributed by atoms with Crippen molar-refractivity contribution in [3.05, 3.63) is 0 Å². The molecule has 0 bridgehead atoms. The van der Waals surface area contributed by atoms with Gasteiger partial charge < -0.3 is 4.79 Å². The van der Waals surface area contributed by atoms with E-state index in [0.717, 1.165) is 32.0 Å². The Bertz CT molecular complexity index is 200. The fourth-order valence-electron chi connectivity index (χ4n) is 1.95.